The molecule has 0 unspecified atom stereocenters. The summed E-state index contributed by atoms with van der Waals surface area (Å²) in [5, 5.41) is 22.8. The maximum absolute atomic E-state index is 10.8. The van der Waals surface area contributed by atoms with Gasteiger partial charge in [-0.2, -0.15) is 0 Å². The number of anilines is 1. The minimum Gasteiger partial charge on any atom is -0.726 e. The standard InChI is InChI=1S/C17H15N5O2S.CH4O4S/c1-21-12-16(22(23)24)25-17(21)20-19-15-9-7-14(8-10-15)18-11-13-5-3-2-4-6-13;1-5-6(2,3)4/h2-10,12H,11H2,1H3;1H3,(H,2,3,4). The van der Waals surface area contributed by atoms with Gasteiger partial charge in [-0.05, 0) is 34.9 Å². The predicted molar refractivity (Wildman–Crippen MR) is 113 cm³/mol. The molecule has 11 nitrogen and oxygen atoms in total. The van der Waals surface area contributed by atoms with Crippen LogP contribution >= 0.6 is 11.3 Å². The van der Waals surface area contributed by atoms with Crippen molar-refractivity contribution in [1.82, 2.24) is 0 Å². The van der Waals surface area contributed by atoms with E-state index in [2.05, 4.69) is 31.9 Å². The Bertz CT molecular complexity index is 1130. The quantitative estimate of drug-likeness (QED) is 0.140. The van der Waals surface area contributed by atoms with Gasteiger partial charge >= 0.3 is 10.1 Å². The Morgan fingerprint density at radius 1 is 1.13 bits per heavy atom. The molecule has 0 saturated carbocycles. The van der Waals surface area contributed by atoms with Gasteiger partial charge in [0.25, 0.3) is 0 Å². The minimum absolute atomic E-state index is 0.0388. The van der Waals surface area contributed by atoms with Crippen molar-refractivity contribution in [3.05, 3.63) is 76.5 Å². The number of aryl methyl sites for hydroxylation is 1. The zero-order valence-electron chi connectivity index (χ0n) is 16.5. The highest BCUT2D eigenvalue weighted by Gasteiger charge is 2.21. The van der Waals surface area contributed by atoms with Crippen molar-refractivity contribution >= 4 is 43.2 Å². The van der Waals surface area contributed by atoms with Crippen molar-refractivity contribution in [3.63, 3.8) is 0 Å². The minimum atomic E-state index is -4.41. The van der Waals surface area contributed by atoms with Crippen molar-refractivity contribution in [2.24, 2.45) is 17.3 Å². The fourth-order valence-electron chi connectivity index (χ4n) is 2.13. The first-order chi connectivity index (χ1) is 14.7. The lowest BCUT2D eigenvalue weighted by atomic mass is 10.2. The van der Waals surface area contributed by atoms with Crippen LogP contribution in [-0.4, -0.2) is 25.0 Å². The highest BCUT2D eigenvalue weighted by molar-refractivity contribution is 7.80. The van der Waals surface area contributed by atoms with E-state index in [0.717, 1.165) is 30.7 Å². The molecule has 2 aromatic carbocycles. The zero-order chi connectivity index (χ0) is 22.9. The maximum Gasteiger partial charge on any atom is 0.414 e. The molecule has 0 aliphatic heterocycles. The van der Waals surface area contributed by atoms with Gasteiger partial charge in [-0.25, -0.2) is 13.0 Å². The van der Waals surface area contributed by atoms with Crippen molar-refractivity contribution in [1.29, 1.82) is 0 Å². The average molecular weight is 466 g/mol. The van der Waals surface area contributed by atoms with Crippen molar-refractivity contribution in [3.8, 4) is 0 Å². The largest absolute Gasteiger partial charge is 0.726 e. The summed E-state index contributed by atoms with van der Waals surface area (Å²) >= 11 is 0.987. The molecule has 3 rings (SSSR count). The third kappa shape index (κ3) is 8.55. The van der Waals surface area contributed by atoms with Crippen LogP contribution in [-0.2, 0) is 28.2 Å². The van der Waals surface area contributed by atoms with Crippen LogP contribution in [0.15, 0.2) is 71.0 Å². The molecule has 0 fully saturated rings. The van der Waals surface area contributed by atoms with Crippen molar-refractivity contribution in [2.75, 3.05) is 12.4 Å². The van der Waals surface area contributed by atoms with Gasteiger partial charge in [0.15, 0.2) is 6.20 Å². The van der Waals surface area contributed by atoms with Crippen LogP contribution in [0.25, 0.3) is 0 Å². The SMILES string of the molecule is COS(=O)(=O)[O-].C[n+]1cc([N+](=O)[O-])sc1N=Nc1ccc(NCc2ccccc2)cc1. The second kappa shape index (κ2) is 11.2. The number of hydrogen-bond acceptors (Lipinski definition) is 10. The van der Waals surface area contributed by atoms with E-state index in [0.29, 0.717) is 10.8 Å². The lowest BCUT2D eigenvalue weighted by Gasteiger charge is -2.05. The van der Waals surface area contributed by atoms with Gasteiger partial charge in [-0.1, -0.05) is 30.3 Å². The summed E-state index contributed by atoms with van der Waals surface area (Å²) in [7, 11) is -1.90. The number of aromatic nitrogens is 1. The molecule has 1 heterocycles. The summed E-state index contributed by atoms with van der Waals surface area (Å²) in [6, 6.07) is 17.7. The molecule has 3 aromatic rings. The van der Waals surface area contributed by atoms with E-state index >= 15 is 0 Å². The Labute approximate surface area is 182 Å². The number of nitrogens with one attached hydrogen (secondary N) is 1. The van der Waals surface area contributed by atoms with E-state index in [1.165, 1.54) is 11.8 Å². The number of rotatable bonds is 7. The third-order valence-electron chi connectivity index (χ3n) is 3.64. The number of azo groups is 1. The first-order valence-corrected chi connectivity index (χ1v) is 10.8. The molecule has 0 amide bonds. The molecule has 0 bridgehead atoms. The highest BCUT2D eigenvalue weighted by Crippen LogP contribution is 2.27. The van der Waals surface area contributed by atoms with Crippen LogP contribution < -0.4 is 9.88 Å². The molecule has 0 aliphatic rings. The van der Waals surface area contributed by atoms with E-state index in [1.807, 2.05) is 42.5 Å². The molecular formula is C18H19N5O6S2. The van der Waals surface area contributed by atoms with Gasteiger partial charge in [0, 0.05) is 23.6 Å². The summed E-state index contributed by atoms with van der Waals surface area (Å²) < 4.78 is 32.6. The normalized spacial score (nSPS) is 11.1. The highest BCUT2D eigenvalue weighted by atomic mass is 32.3. The monoisotopic (exact) mass is 465 g/mol. The molecule has 0 atom stereocenters. The van der Waals surface area contributed by atoms with E-state index in [9.17, 15) is 23.1 Å². The van der Waals surface area contributed by atoms with Crippen LogP contribution in [0, 0.1) is 10.1 Å². The number of hydrogen-bond donors (Lipinski definition) is 1. The van der Waals surface area contributed by atoms with E-state index < -0.39 is 15.3 Å². The molecule has 0 saturated heterocycles. The molecule has 0 spiro atoms. The first kappa shape index (κ1) is 24.0. The van der Waals surface area contributed by atoms with Gasteiger partial charge in [-0.15, -0.1) is 0 Å². The average Bonchev–Trinajstić information content (AvgIpc) is 3.13. The van der Waals surface area contributed by atoms with Crippen LogP contribution in [0.3, 0.4) is 0 Å². The van der Waals surface area contributed by atoms with E-state index in [-0.39, 0.29) is 5.00 Å². The Kier molecular flexibility index (Phi) is 8.69. The van der Waals surface area contributed by atoms with Gasteiger partial charge < -0.3 is 9.87 Å². The Hall–Kier alpha value is -3.26. The van der Waals surface area contributed by atoms with Crippen molar-refractivity contribution in [2.45, 2.75) is 6.54 Å². The third-order valence-corrected chi connectivity index (χ3v) is 5.07. The molecule has 1 N–H and O–H groups in total. The van der Waals surface area contributed by atoms with Crippen LogP contribution in [0.4, 0.5) is 21.5 Å². The predicted octanol–water partition coefficient (Wildman–Crippen LogP) is 3.60. The summed E-state index contributed by atoms with van der Waals surface area (Å²) in [4.78, 5) is 10.3. The van der Waals surface area contributed by atoms with Gasteiger partial charge in [0.1, 0.15) is 5.69 Å². The van der Waals surface area contributed by atoms with E-state index in [1.54, 1.807) is 11.6 Å². The van der Waals surface area contributed by atoms with Crippen LogP contribution in [0.5, 0.6) is 0 Å². The number of nitro groups is 1. The second-order valence-electron chi connectivity index (χ2n) is 5.88. The molecule has 31 heavy (non-hydrogen) atoms. The van der Waals surface area contributed by atoms with Gasteiger partial charge in [0.05, 0.1) is 24.2 Å². The first-order valence-electron chi connectivity index (χ1n) is 8.63. The zero-order valence-corrected chi connectivity index (χ0v) is 18.2. The lowest BCUT2D eigenvalue weighted by Crippen LogP contribution is -2.23. The van der Waals surface area contributed by atoms with Gasteiger partial charge in [-0.3, -0.25) is 14.3 Å². The van der Waals surface area contributed by atoms with Crippen LogP contribution in [0.2, 0.25) is 0 Å². The van der Waals surface area contributed by atoms with Gasteiger partial charge in [0.2, 0.25) is 10.4 Å². The molecule has 0 radical (unpaired) electrons. The smallest absolute Gasteiger partial charge is 0.414 e. The number of nitrogens with zero attached hydrogens (tertiary/aromatic N) is 4. The summed E-state index contributed by atoms with van der Waals surface area (Å²) in [6.45, 7) is 0.746. The summed E-state index contributed by atoms with van der Waals surface area (Å²) in [5.74, 6) is 0. The Balaban J connectivity index is 0.000000501. The van der Waals surface area contributed by atoms with E-state index in [4.69, 9.17) is 0 Å². The Morgan fingerprint density at radius 2 is 1.74 bits per heavy atom. The second-order valence-corrected chi connectivity index (χ2v) is 8.02. The number of thiazole rings is 1. The maximum atomic E-state index is 10.8. The molecular weight excluding hydrogens is 446 g/mol. The Morgan fingerprint density at radius 3 is 2.26 bits per heavy atom. The molecule has 0 aliphatic carbocycles. The van der Waals surface area contributed by atoms with Crippen molar-refractivity contribution < 1.29 is 26.6 Å². The lowest BCUT2D eigenvalue weighted by molar-refractivity contribution is -0.656. The molecule has 164 valence electrons. The fourth-order valence-corrected chi connectivity index (χ4v) is 2.89. The number of benzene rings is 2. The molecule has 1 aromatic heterocycles. The molecule has 13 heteroatoms. The fraction of sp³-hybridized carbons (Fsp3) is 0.167. The van der Waals surface area contributed by atoms with Crippen LogP contribution in [0.1, 0.15) is 5.56 Å². The summed E-state index contributed by atoms with van der Waals surface area (Å²) in [6.07, 6.45) is 1.43. The topological polar surface area (TPSA) is 150 Å². The summed E-state index contributed by atoms with van der Waals surface area (Å²) in [5.41, 5.74) is 2.87.